The Balaban J connectivity index is 2.85. The van der Waals surface area contributed by atoms with E-state index in [1.807, 2.05) is 6.92 Å². The second-order valence-corrected chi connectivity index (χ2v) is 6.52. The average Bonchev–Trinajstić information content (AvgIpc) is 2.39. The fourth-order valence-electron chi connectivity index (χ4n) is 1.95. The minimum atomic E-state index is -3.45. The monoisotopic (exact) mass is 284 g/mol. The van der Waals surface area contributed by atoms with Crippen LogP contribution in [0.15, 0.2) is 23.1 Å². The Kier molecular flexibility index (Phi) is 5.82. The van der Waals surface area contributed by atoms with E-state index >= 15 is 0 Å². The molecule has 0 aliphatic rings. The number of benzene rings is 1. The first-order valence-corrected chi connectivity index (χ1v) is 8.30. The molecule has 4 nitrogen and oxygen atoms in total. The molecule has 0 bridgehead atoms. The number of hydrogen-bond donors (Lipinski definition) is 2. The molecule has 0 unspecified atom stereocenters. The van der Waals surface area contributed by atoms with Crippen molar-refractivity contribution in [2.45, 2.75) is 44.9 Å². The van der Waals surface area contributed by atoms with Crippen molar-refractivity contribution < 1.29 is 8.42 Å². The highest BCUT2D eigenvalue weighted by atomic mass is 32.2. The van der Waals surface area contributed by atoms with Gasteiger partial charge in [-0.1, -0.05) is 39.7 Å². The third-order valence-corrected chi connectivity index (χ3v) is 4.95. The van der Waals surface area contributed by atoms with Crippen molar-refractivity contribution in [2.75, 3.05) is 12.3 Å². The topological polar surface area (TPSA) is 72.2 Å². The number of hydrogen-bond acceptors (Lipinski definition) is 3. The summed E-state index contributed by atoms with van der Waals surface area (Å²) in [5.41, 5.74) is 7.35. The number of anilines is 1. The molecule has 0 fully saturated rings. The second-order valence-electron chi connectivity index (χ2n) is 4.75. The lowest BCUT2D eigenvalue weighted by molar-refractivity contribution is 0.479. The van der Waals surface area contributed by atoms with Crippen LogP contribution in [0.4, 0.5) is 5.69 Å². The molecule has 0 aliphatic carbocycles. The number of nitrogen functional groups attached to an aromatic ring is 1. The molecule has 0 amide bonds. The van der Waals surface area contributed by atoms with Crippen LogP contribution in [0.3, 0.4) is 0 Å². The smallest absolute Gasteiger partial charge is 0.240 e. The molecule has 0 radical (unpaired) electrons. The molecule has 5 heteroatoms. The normalized spacial score (nSPS) is 12.0. The summed E-state index contributed by atoms with van der Waals surface area (Å²) in [6.45, 7) is 6.60. The molecular weight excluding hydrogens is 260 g/mol. The van der Waals surface area contributed by atoms with Gasteiger partial charge in [-0.15, -0.1) is 0 Å². The van der Waals surface area contributed by atoms with Crippen molar-refractivity contribution in [2.24, 2.45) is 5.92 Å². The zero-order chi connectivity index (χ0) is 14.5. The molecule has 0 atom stereocenters. The standard InChI is InChI=1S/C14H24N2O2S/c1-4-11(5-2)10-16-19(17,18)13-8-7-12(6-3)14(15)9-13/h7-9,11,16H,4-6,10,15H2,1-3H3. The van der Waals surface area contributed by atoms with Gasteiger partial charge in [0.05, 0.1) is 4.90 Å². The Morgan fingerprint density at radius 3 is 2.32 bits per heavy atom. The van der Waals surface area contributed by atoms with Crippen LogP contribution in [0.1, 0.15) is 39.2 Å². The van der Waals surface area contributed by atoms with Gasteiger partial charge in [-0.05, 0) is 30.0 Å². The summed E-state index contributed by atoms with van der Waals surface area (Å²) in [5.74, 6) is 0.377. The maximum atomic E-state index is 12.2. The Labute approximate surface area is 116 Å². The van der Waals surface area contributed by atoms with Crippen LogP contribution in [0, 0.1) is 5.92 Å². The predicted molar refractivity (Wildman–Crippen MR) is 79.5 cm³/mol. The van der Waals surface area contributed by atoms with E-state index in [2.05, 4.69) is 18.6 Å². The average molecular weight is 284 g/mol. The fraction of sp³-hybridized carbons (Fsp3) is 0.571. The Morgan fingerprint density at radius 2 is 1.84 bits per heavy atom. The molecule has 0 aliphatic heterocycles. The molecule has 1 rings (SSSR count). The highest BCUT2D eigenvalue weighted by molar-refractivity contribution is 7.89. The van der Waals surface area contributed by atoms with Crippen LogP contribution in [0.5, 0.6) is 0 Å². The summed E-state index contributed by atoms with van der Waals surface area (Å²) < 4.78 is 27.0. The quantitative estimate of drug-likeness (QED) is 0.756. The van der Waals surface area contributed by atoms with Crippen LogP contribution in [-0.4, -0.2) is 15.0 Å². The van der Waals surface area contributed by atoms with E-state index < -0.39 is 10.0 Å². The van der Waals surface area contributed by atoms with Crippen LogP contribution in [0.2, 0.25) is 0 Å². The summed E-state index contributed by atoms with van der Waals surface area (Å²) >= 11 is 0. The zero-order valence-corrected chi connectivity index (χ0v) is 12.8. The van der Waals surface area contributed by atoms with Gasteiger partial charge in [0.15, 0.2) is 0 Å². The lowest BCUT2D eigenvalue weighted by Gasteiger charge is -2.14. The van der Waals surface area contributed by atoms with E-state index in [-0.39, 0.29) is 4.90 Å². The van der Waals surface area contributed by atoms with Gasteiger partial charge in [-0.2, -0.15) is 0 Å². The van der Waals surface area contributed by atoms with Crippen molar-refractivity contribution in [1.82, 2.24) is 4.72 Å². The van der Waals surface area contributed by atoms with Gasteiger partial charge in [-0.25, -0.2) is 13.1 Å². The fourth-order valence-corrected chi connectivity index (χ4v) is 3.10. The Hall–Kier alpha value is -1.07. The maximum Gasteiger partial charge on any atom is 0.240 e. The third-order valence-electron chi connectivity index (χ3n) is 3.53. The van der Waals surface area contributed by atoms with Crippen LogP contribution in [-0.2, 0) is 16.4 Å². The van der Waals surface area contributed by atoms with Gasteiger partial charge in [0.2, 0.25) is 10.0 Å². The van der Waals surface area contributed by atoms with Gasteiger partial charge >= 0.3 is 0 Å². The molecule has 108 valence electrons. The van der Waals surface area contributed by atoms with Crippen LogP contribution in [0.25, 0.3) is 0 Å². The molecular formula is C14H24N2O2S. The lowest BCUT2D eigenvalue weighted by Crippen LogP contribution is -2.29. The predicted octanol–water partition coefficient (Wildman–Crippen LogP) is 2.55. The van der Waals surface area contributed by atoms with Crippen LogP contribution >= 0.6 is 0 Å². The van der Waals surface area contributed by atoms with E-state index in [1.165, 1.54) is 6.07 Å². The second kappa shape index (κ2) is 6.91. The summed E-state index contributed by atoms with van der Waals surface area (Å²) in [7, 11) is -3.45. The molecule has 1 aromatic carbocycles. The molecule has 1 aromatic rings. The summed E-state index contributed by atoms with van der Waals surface area (Å²) in [6, 6.07) is 4.93. The molecule has 0 saturated heterocycles. The number of sulfonamides is 1. The van der Waals surface area contributed by atoms with Gasteiger partial charge in [0, 0.05) is 12.2 Å². The first-order valence-electron chi connectivity index (χ1n) is 6.82. The highest BCUT2D eigenvalue weighted by Gasteiger charge is 2.16. The number of rotatable bonds is 7. The van der Waals surface area contributed by atoms with E-state index in [1.54, 1.807) is 12.1 Å². The Morgan fingerprint density at radius 1 is 1.21 bits per heavy atom. The first-order chi connectivity index (χ1) is 8.94. The van der Waals surface area contributed by atoms with Crippen molar-refractivity contribution in [3.63, 3.8) is 0 Å². The maximum absolute atomic E-state index is 12.2. The summed E-state index contributed by atoms with van der Waals surface area (Å²) in [6.07, 6.45) is 2.74. The first kappa shape index (κ1) is 16.0. The number of aryl methyl sites for hydroxylation is 1. The molecule has 0 spiro atoms. The third kappa shape index (κ3) is 4.21. The SMILES string of the molecule is CCc1ccc(S(=O)(=O)NCC(CC)CC)cc1N. The summed E-state index contributed by atoms with van der Waals surface area (Å²) in [5, 5.41) is 0. The van der Waals surface area contributed by atoms with Gasteiger partial charge in [0.1, 0.15) is 0 Å². The van der Waals surface area contributed by atoms with Crippen molar-refractivity contribution in [3.05, 3.63) is 23.8 Å². The van der Waals surface area contributed by atoms with Gasteiger partial charge in [0.25, 0.3) is 0 Å². The van der Waals surface area contributed by atoms with E-state index in [4.69, 9.17) is 5.73 Å². The molecule has 0 heterocycles. The highest BCUT2D eigenvalue weighted by Crippen LogP contribution is 2.18. The largest absolute Gasteiger partial charge is 0.398 e. The van der Waals surface area contributed by atoms with Gasteiger partial charge < -0.3 is 5.73 Å². The van der Waals surface area contributed by atoms with Crippen molar-refractivity contribution >= 4 is 15.7 Å². The number of nitrogens with one attached hydrogen (secondary N) is 1. The Bertz CT molecular complexity index is 508. The molecule has 19 heavy (non-hydrogen) atoms. The molecule has 0 aromatic heterocycles. The zero-order valence-electron chi connectivity index (χ0n) is 11.9. The van der Waals surface area contributed by atoms with E-state index in [0.29, 0.717) is 18.2 Å². The van der Waals surface area contributed by atoms with Crippen molar-refractivity contribution in [1.29, 1.82) is 0 Å². The van der Waals surface area contributed by atoms with E-state index in [9.17, 15) is 8.42 Å². The minimum Gasteiger partial charge on any atom is -0.398 e. The summed E-state index contributed by atoms with van der Waals surface area (Å²) in [4.78, 5) is 0.244. The van der Waals surface area contributed by atoms with E-state index in [0.717, 1.165) is 24.8 Å². The number of nitrogens with two attached hydrogens (primary N) is 1. The molecule has 0 saturated carbocycles. The van der Waals surface area contributed by atoms with Crippen LogP contribution < -0.4 is 10.5 Å². The van der Waals surface area contributed by atoms with Gasteiger partial charge in [-0.3, -0.25) is 0 Å². The van der Waals surface area contributed by atoms with Crippen molar-refractivity contribution in [3.8, 4) is 0 Å². The molecule has 3 N–H and O–H groups in total. The lowest BCUT2D eigenvalue weighted by atomic mass is 10.0. The minimum absolute atomic E-state index is 0.244.